The molecule has 0 bridgehead atoms. The van der Waals surface area contributed by atoms with Crippen molar-refractivity contribution in [1.29, 1.82) is 5.26 Å². The molecule has 0 atom stereocenters. The summed E-state index contributed by atoms with van der Waals surface area (Å²) in [5.41, 5.74) is 1.11. The third-order valence-electron chi connectivity index (χ3n) is 2.75. The Morgan fingerprint density at radius 1 is 0.952 bits per heavy atom. The molecule has 1 heterocycles. The van der Waals surface area contributed by atoms with Crippen molar-refractivity contribution in [1.82, 2.24) is 4.98 Å². The normalized spacial score (nSPS) is 10.3. The van der Waals surface area contributed by atoms with E-state index in [-0.39, 0.29) is 5.75 Å². The van der Waals surface area contributed by atoms with Gasteiger partial charge in [0.1, 0.15) is 5.75 Å². The van der Waals surface area contributed by atoms with Crippen molar-refractivity contribution in [2.45, 2.75) is 13.8 Å². The minimum atomic E-state index is -1.80. The average molecular weight is 296 g/mol. The molecule has 0 unspecified atom stereocenters. The zero-order valence-corrected chi connectivity index (χ0v) is 11.0. The van der Waals surface area contributed by atoms with Gasteiger partial charge in [0.15, 0.2) is 0 Å². The topological polar surface area (TPSA) is 45.9 Å². The maximum absolute atomic E-state index is 13.5. The predicted molar refractivity (Wildman–Crippen MR) is 64.8 cm³/mol. The fraction of sp³-hybridized carbons (Fsp3) is 0.143. The van der Waals surface area contributed by atoms with Gasteiger partial charge in [0.2, 0.25) is 17.4 Å². The standard InChI is InChI=1S/C14H8F4N2O/c1-6-3-8(5-19)4-7(2)11(6)21-12-9(15)13(17)20-14(18)10(12)16/h3-4H,1-2H3. The number of nitriles is 1. The predicted octanol–water partition coefficient (Wildman–Crippen LogP) is 3.92. The van der Waals surface area contributed by atoms with Crippen LogP contribution >= 0.6 is 0 Å². The minimum absolute atomic E-state index is 0.0109. The Hall–Kier alpha value is -2.62. The van der Waals surface area contributed by atoms with Gasteiger partial charge in [-0.15, -0.1) is 0 Å². The molecule has 0 aliphatic carbocycles. The van der Waals surface area contributed by atoms with Gasteiger partial charge >= 0.3 is 0 Å². The van der Waals surface area contributed by atoms with Crippen molar-refractivity contribution < 1.29 is 22.3 Å². The second-order valence-electron chi connectivity index (χ2n) is 4.30. The summed E-state index contributed by atoms with van der Waals surface area (Å²) in [7, 11) is 0. The van der Waals surface area contributed by atoms with Crippen LogP contribution in [-0.2, 0) is 0 Å². The lowest BCUT2D eigenvalue weighted by atomic mass is 10.1. The second-order valence-corrected chi connectivity index (χ2v) is 4.30. The fourth-order valence-corrected chi connectivity index (χ4v) is 1.84. The second kappa shape index (κ2) is 5.40. The van der Waals surface area contributed by atoms with Crippen LogP contribution in [0.15, 0.2) is 12.1 Å². The van der Waals surface area contributed by atoms with E-state index in [1.165, 1.54) is 26.0 Å². The SMILES string of the molecule is Cc1cc(C#N)cc(C)c1Oc1c(F)c(F)nc(F)c1F. The van der Waals surface area contributed by atoms with Crippen LogP contribution in [0.4, 0.5) is 17.6 Å². The Morgan fingerprint density at radius 3 is 1.86 bits per heavy atom. The number of rotatable bonds is 2. The monoisotopic (exact) mass is 296 g/mol. The van der Waals surface area contributed by atoms with Gasteiger partial charge in [-0.2, -0.15) is 27.8 Å². The van der Waals surface area contributed by atoms with Crippen molar-refractivity contribution in [2.24, 2.45) is 0 Å². The molecule has 7 heteroatoms. The van der Waals surface area contributed by atoms with E-state index in [1.54, 1.807) is 0 Å². The van der Waals surface area contributed by atoms with Crippen LogP contribution in [-0.4, -0.2) is 4.98 Å². The maximum Gasteiger partial charge on any atom is 0.255 e. The molecule has 0 fully saturated rings. The van der Waals surface area contributed by atoms with Crippen molar-refractivity contribution >= 4 is 0 Å². The van der Waals surface area contributed by atoms with E-state index in [0.717, 1.165) is 0 Å². The van der Waals surface area contributed by atoms with E-state index in [9.17, 15) is 17.6 Å². The van der Waals surface area contributed by atoms with Crippen molar-refractivity contribution in [3.8, 4) is 17.6 Å². The molecule has 0 aliphatic heterocycles. The van der Waals surface area contributed by atoms with E-state index >= 15 is 0 Å². The first-order valence-electron chi connectivity index (χ1n) is 5.74. The van der Waals surface area contributed by atoms with Gasteiger partial charge in [0.05, 0.1) is 11.6 Å². The first-order chi connectivity index (χ1) is 9.85. The van der Waals surface area contributed by atoms with Crippen molar-refractivity contribution in [2.75, 3.05) is 0 Å². The van der Waals surface area contributed by atoms with E-state index in [0.29, 0.717) is 16.7 Å². The van der Waals surface area contributed by atoms with Crippen LogP contribution < -0.4 is 4.74 Å². The van der Waals surface area contributed by atoms with Crippen LogP contribution in [0.1, 0.15) is 16.7 Å². The quantitative estimate of drug-likeness (QED) is 0.623. The molecule has 0 N–H and O–H groups in total. The molecular formula is C14H8F4N2O. The molecule has 2 rings (SSSR count). The van der Waals surface area contributed by atoms with E-state index in [2.05, 4.69) is 4.98 Å². The highest BCUT2D eigenvalue weighted by molar-refractivity contribution is 5.49. The van der Waals surface area contributed by atoms with Crippen LogP contribution in [0.2, 0.25) is 0 Å². The Kier molecular flexibility index (Phi) is 3.80. The Labute approximate surface area is 117 Å². The maximum atomic E-state index is 13.5. The Morgan fingerprint density at radius 2 is 1.43 bits per heavy atom. The Bertz CT molecular complexity index is 719. The number of hydrogen-bond acceptors (Lipinski definition) is 3. The molecule has 108 valence electrons. The first-order valence-corrected chi connectivity index (χ1v) is 5.74. The number of aromatic nitrogens is 1. The summed E-state index contributed by atoms with van der Waals surface area (Å²) < 4.78 is 58.1. The lowest BCUT2D eigenvalue weighted by Crippen LogP contribution is -2.04. The molecule has 0 aliphatic rings. The van der Waals surface area contributed by atoms with E-state index in [1.807, 2.05) is 6.07 Å². The lowest BCUT2D eigenvalue weighted by molar-refractivity contribution is 0.341. The zero-order valence-electron chi connectivity index (χ0n) is 11.0. The molecule has 0 saturated heterocycles. The zero-order chi connectivity index (χ0) is 15.7. The Balaban J connectivity index is 2.57. The molecule has 3 nitrogen and oxygen atoms in total. The van der Waals surface area contributed by atoms with Gasteiger partial charge < -0.3 is 4.74 Å². The van der Waals surface area contributed by atoms with E-state index in [4.69, 9.17) is 10.00 Å². The highest BCUT2D eigenvalue weighted by atomic mass is 19.2. The highest BCUT2D eigenvalue weighted by Gasteiger charge is 2.24. The molecule has 0 radical (unpaired) electrons. The van der Waals surface area contributed by atoms with Crippen LogP contribution in [0, 0.1) is 48.7 Å². The van der Waals surface area contributed by atoms with Gasteiger partial charge in [-0.25, -0.2) is 0 Å². The van der Waals surface area contributed by atoms with Gasteiger partial charge in [0.25, 0.3) is 11.9 Å². The third-order valence-corrected chi connectivity index (χ3v) is 2.75. The largest absolute Gasteiger partial charge is 0.450 e. The van der Waals surface area contributed by atoms with Crippen LogP contribution in [0.3, 0.4) is 0 Å². The number of pyridine rings is 1. The van der Waals surface area contributed by atoms with Crippen molar-refractivity contribution in [3.63, 3.8) is 0 Å². The average Bonchev–Trinajstić information content (AvgIpc) is 2.43. The molecule has 0 saturated carbocycles. The summed E-state index contributed by atoms with van der Waals surface area (Å²) in [5, 5.41) is 8.81. The third kappa shape index (κ3) is 2.65. The van der Waals surface area contributed by atoms with Gasteiger partial charge in [-0.3, -0.25) is 0 Å². The molecule has 1 aromatic carbocycles. The van der Waals surface area contributed by atoms with Gasteiger partial charge in [-0.05, 0) is 37.1 Å². The van der Waals surface area contributed by atoms with E-state index < -0.39 is 29.3 Å². The molecule has 2 aromatic rings. The number of aryl methyl sites for hydroxylation is 2. The van der Waals surface area contributed by atoms with Crippen molar-refractivity contribution in [3.05, 3.63) is 52.4 Å². The number of halogens is 4. The van der Waals surface area contributed by atoms with Gasteiger partial charge in [0, 0.05) is 0 Å². The van der Waals surface area contributed by atoms with Gasteiger partial charge in [-0.1, -0.05) is 0 Å². The summed E-state index contributed by atoms with van der Waals surface area (Å²) in [4.78, 5) is 2.44. The lowest BCUT2D eigenvalue weighted by Gasteiger charge is -2.13. The first kappa shape index (κ1) is 14.8. The number of ether oxygens (including phenoxy) is 1. The van der Waals surface area contributed by atoms with Crippen LogP contribution in [0.5, 0.6) is 11.5 Å². The number of nitrogens with zero attached hydrogens (tertiary/aromatic N) is 2. The van der Waals surface area contributed by atoms with Crippen LogP contribution in [0.25, 0.3) is 0 Å². The summed E-state index contributed by atoms with van der Waals surface area (Å²) >= 11 is 0. The molecule has 0 spiro atoms. The summed E-state index contributed by atoms with van der Waals surface area (Å²) in [6, 6.07) is 4.75. The highest BCUT2D eigenvalue weighted by Crippen LogP contribution is 2.34. The number of benzene rings is 1. The molecule has 21 heavy (non-hydrogen) atoms. The minimum Gasteiger partial charge on any atom is -0.450 e. The summed E-state index contributed by atoms with van der Waals surface area (Å²) in [6.45, 7) is 3.07. The summed E-state index contributed by atoms with van der Waals surface area (Å²) in [6.07, 6.45) is 0. The smallest absolute Gasteiger partial charge is 0.255 e. The fourth-order valence-electron chi connectivity index (χ4n) is 1.84. The molecular weight excluding hydrogens is 288 g/mol. The molecule has 0 amide bonds. The number of hydrogen-bond donors (Lipinski definition) is 0. The molecule has 1 aromatic heterocycles. The summed E-state index contributed by atoms with van der Waals surface area (Å²) in [5.74, 6) is -8.25.